The number of pyridine rings is 1. The molecule has 0 radical (unpaired) electrons. The molecule has 1 aliphatic rings. The van der Waals surface area contributed by atoms with E-state index < -0.39 is 0 Å². The summed E-state index contributed by atoms with van der Waals surface area (Å²) in [4.78, 5) is 4.37. The second kappa shape index (κ2) is 5.31. The molecule has 0 amide bonds. The molecule has 0 N–H and O–H groups in total. The van der Waals surface area contributed by atoms with Crippen LogP contribution < -0.4 is 0 Å². The molecule has 2 heteroatoms. The van der Waals surface area contributed by atoms with Crippen LogP contribution in [0, 0.1) is 0 Å². The lowest BCUT2D eigenvalue weighted by molar-refractivity contribution is 0.440. The van der Waals surface area contributed by atoms with Crippen molar-refractivity contribution in [2.45, 2.75) is 57.8 Å². The molecule has 1 nitrogen and oxygen atoms in total. The number of rotatable bonds is 2. The summed E-state index contributed by atoms with van der Waals surface area (Å²) in [5.41, 5.74) is 2.98. The molecule has 0 aliphatic heterocycles. The van der Waals surface area contributed by atoms with Gasteiger partial charge >= 0.3 is 0 Å². The molecule has 0 spiro atoms. The van der Waals surface area contributed by atoms with E-state index in [9.17, 15) is 0 Å². The number of halogens is 1. The maximum atomic E-state index is 4.37. The normalized spacial score (nSPS) is 18.0. The van der Waals surface area contributed by atoms with Crippen LogP contribution in [-0.4, -0.2) is 4.98 Å². The molecule has 1 fully saturated rings. The van der Waals surface area contributed by atoms with E-state index in [1.165, 1.54) is 43.2 Å². The van der Waals surface area contributed by atoms with E-state index in [2.05, 4.69) is 47.0 Å². The summed E-state index contributed by atoms with van der Waals surface area (Å²) in [6, 6.07) is 2.24. The lowest BCUT2D eigenvalue weighted by Gasteiger charge is -2.25. The van der Waals surface area contributed by atoms with Gasteiger partial charge in [-0.15, -0.1) is 0 Å². The Morgan fingerprint density at radius 1 is 1.25 bits per heavy atom. The molecule has 0 atom stereocenters. The summed E-state index contributed by atoms with van der Waals surface area (Å²) in [5.74, 6) is 1.35. The van der Waals surface area contributed by atoms with E-state index in [1.807, 2.05) is 0 Å². The van der Waals surface area contributed by atoms with E-state index in [1.54, 1.807) is 0 Å². The Bertz CT molecular complexity index is 354. The third-order valence-electron chi connectivity index (χ3n) is 3.60. The Labute approximate surface area is 107 Å². The number of aromatic nitrogens is 1. The van der Waals surface area contributed by atoms with Crippen molar-refractivity contribution in [1.29, 1.82) is 0 Å². The van der Waals surface area contributed by atoms with Crippen molar-refractivity contribution < 1.29 is 0 Å². The van der Waals surface area contributed by atoms with E-state index >= 15 is 0 Å². The van der Waals surface area contributed by atoms with Crippen LogP contribution in [0.5, 0.6) is 0 Å². The topological polar surface area (TPSA) is 12.9 Å². The fourth-order valence-corrected chi connectivity index (χ4v) is 3.05. The Hall–Kier alpha value is -0.370. The molecule has 88 valence electrons. The van der Waals surface area contributed by atoms with Crippen molar-refractivity contribution in [1.82, 2.24) is 4.98 Å². The number of hydrogen-bond donors (Lipinski definition) is 0. The highest BCUT2D eigenvalue weighted by Gasteiger charge is 2.20. The minimum atomic E-state index is 0.581. The van der Waals surface area contributed by atoms with Crippen LogP contribution in [0.25, 0.3) is 0 Å². The van der Waals surface area contributed by atoms with Gasteiger partial charge in [-0.05, 0) is 57.8 Å². The van der Waals surface area contributed by atoms with Gasteiger partial charge in [0.15, 0.2) is 0 Å². The van der Waals surface area contributed by atoms with E-state index in [0.717, 1.165) is 10.5 Å². The van der Waals surface area contributed by atoms with Crippen molar-refractivity contribution in [3.8, 4) is 0 Å². The zero-order valence-electron chi connectivity index (χ0n) is 10.2. The van der Waals surface area contributed by atoms with Crippen LogP contribution in [0.1, 0.15) is 68.9 Å². The molecule has 0 aromatic carbocycles. The van der Waals surface area contributed by atoms with Crippen molar-refractivity contribution in [2.24, 2.45) is 0 Å². The highest BCUT2D eigenvalue weighted by atomic mass is 79.9. The van der Waals surface area contributed by atoms with Crippen LogP contribution >= 0.6 is 15.9 Å². The first-order valence-corrected chi connectivity index (χ1v) is 7.13. The summed E-state index contributed by atoms with van der Waals surface area (Å²) >= 11 is 3.50. The fourth-order valence-electron chi connectivity index (χ4n) is 2.70. The summed E-state index contributed by atoms with van der Waals surface area (Å²) < 4.78 is 0.984. The smallest absolute Gasteiger partial charge is 0.106 e. The molecule has 0 unspecified atom stereocenters. The van der Waals surface area contributed by atoms with Gasteiger partial charge in [0, 0.05) is 6.20 Å². The third kappa shape index (κ3) is 2.65. The van der Waals surface area contributed by atoms with Crippen molar-refractivity contribution >= 4 is 15.9 Å². The van der Waals surface area contributed by atoms with Gasteiger partial charge in [-0.3, -0.25) is 0 Å². The lowest BCUT2D eigenvalue weighted by atomic mass is 9.81. The first-order valence-electron chi connectivity index (χ1n) is 6.34. The Balaban J connectivity index is 2.32. The molecule has 1 aliphatic carbocycles. The third-order valence-corrected chi connectivity index (χ3v) is 4.04. The summed E-state index contributed by atoms with van der Waals surface area (Å²) in [6.07, 6.45) is 8.97. The quantitative estimate of drug-likeness (QED) is 0.694. The molecule has 0 bridgehead atoms. The minimum absolute atomic E-state index is 0.581. The van der Waals surface area contributed by atoms with Gasteiger partial charge < -0.3 is 0 Å². The number of hydrogen-bond acceptors (Lipinski definition) is 1. The average molecular weight is 282 g/mol. The standard InChI is InChI=1S/C14H20BrN/c1-10(2)13-9-16-14(15)8-12(13)11-6-4-3-5-7-11/h8-11H,3-7H2,1-2H3. The van der Waals surface area contributed by atoms with Crippen molar-refractivity contribution in [2.75, 3.05) is 0 Å². The first-order chi connectivity index (χ1) is 7.68. The largest absolute Gasteiger partial charge is 0.249 e. The molecule has 0 saturated heterocycles. The van der Waals surface area contributed by atoms with Gasteiger partial charge in [0.05, 0.1) is 0 Å². The Kier molecular flexibility index (Phi) is 4.01. The fraction of sp³-hybridized carbons (Fsp3) is 0.643. The van der Waals surface area contributed by atoms with Gasteiger partial charge in [0.1, 0.15) is 4.60 Å². The monoisotopic (exact) mass is 281 g/mol. The van der Waals surface area contributed by atoms with Crippen LogP contribution in [0.4, 0.5) is 0 Å². The SMILES string of the molecule is CC(C)c1cnc(Br)cc1C1CCCCC1. The zero-order valence-corrected chi connectivity index (χ0v) is 11.8. The molecule has 1 aromatic rings. The van der Waals surface area contributed by atoms with Gasteiger partial charge in [-0.2, -0.15) is 0 Å². The molecule has 1 aromatic heterocycles. The van der Waals surface area contributed by atoms with E-state index in [-0.39, 0.29) is 0 Å². The second-order valence-electron chi connectivity index (χ2n) is 5.13. The predicted molar refractivity (Wildman–Crippen MR) is 71.9 cm³/mol. The molecular formula is C14H20BrN. The highest BCUT2D eigenvalue weighted by molar-refractivity contribution is 9.10. The summed E-state index contributed by atoms with van der Waals surface area (Å²) in [7, 11) is 0. The molecular weight excluding hydrogens is 262 g/mol. The van der Waals surface area contributed by atoms with Gasteiger partial charge in [-0.25, -0.2) is 4.98 Å². The lowest BCUT2D eigenvalue weighted by Crippen LogP contribution is -2.09. The van der Waals surface area contributed by atoms with Crippen LogP contribution in [-0.2, 0) is 0 Å². The van der Waals surface area contributed by atoms with E-state index in [4.69, 9.17) is 0 Å². The molecule has 16 heavy (non-hydrogen) atoms. The van der Waals surface area contributed by atoms with Gasteiger partial charge in [0.25, 0.3) is 0 Å². The maximum Gasteiger partial charge on any atom is 0.106 e. The van der Waals surface area contributed by atoms with Crippen LogP contribution in [0.3, 0.4) is 0 Å². The highest BCUT2D eigenvalue weighted by Crippen LogP contribution is 2.37. The predicted octanol–water partition coefficient (Wildman–Crippen LogP) is 5.02. The molecule has 1 heterocycles. The minimum Gasteiger partial charge on any atom is -0.249 e. The average Bonchev–Trinajstić information content (AvgIpc) is 2.29. The van der Waals surface area contributed by atoms with Crippen LogP contribution in [0.15, 0.2) is 16.9 Å². The number of nitrogens with zero attached hydrogens (tertiary/aromatic N) is 1. The van der Waals surface area contributed by atoms with Gasteiger partial charge in [0.2, 0.25) is 0 Å². The zero-order chi connectivity index (χ0) is 11.5. The maximum absolute atomic E-state index is 4.37. The van der Waals surface area contributed by atoms with Crippen molar-refractivity contribution in [3.63, 3.8) is 0 Å². The van der Waals surface area contributed by atoms with E-state index in [0.29, 0.717) is 5.92 Å². The summed E-state index contributed by atoms with van der Waals surface area (Å²) in [5, 5.41) is 0. The second-order valence-corrected chi connectivity index (χ2v) is 5.94. The Morgan fingerprint density at radius 3 is 2.56 bits per heavy atom. The summed E-state index contributed by atoms with van der Waals surface area (Å²) in [6.45, 7) is 4.52. The first kappa shape index (κ1) is 12.1. The molecule has 2 rings (SSSR count). The van der Waals surface area contributed by atoms with Crippen LogP contribution in [0.2, 0.25) is 0 Å². The Morgan fingerprint density at radius 2 is 1.94 bits per heavy atom. The van der Waals surface area contributed by atoms with Crippen molar-refractivity contribution in [3.05, 3.63) is 28.0 Å². The van der Waals surface area contributed by atoms with Gasteiger partial charge in [-0.1, -0.05) is 33.1 Å². The molecule has 1 saturated carbocycles.